The van der Waals surface area contributed by atoms with Crippen LogP contribution in [0.4, 0.5) is 0 Å². The molecule has 0 amide bonds. The fraction of sp³-hybridized carbons (Fsp3) is 0.321. The molecule has 4 N–H and O–H groups in total. The molecule has 1 aliphatic rings. The second-order valence-corrected chi connectivity index (χ2v) is 11.8. The van der Waals surface area contributed by atoms with E-state index in [-0.39, 0.29) is 37.7 Å². The van der Waals surface area contributed by atoms with Gasteiger partial charge in [-0.05, 0) is 47.5 Å². The van der Waals surface area contributed by atoms with E-state index >= 15 is 0 Å². The van der Waals surface area contributed by atoms with Crippen molar-refractivity contribution in [3.63, 3.8) is 0 Å². The van der Waals surface area contributed by atoms with Crippen LogP contribution in [0, 0.1) is 0 Å². The van der Waals surface area contributed by atoms with Gasteiger partial charge in [0.05, 0.1) is 24.7 Å². The minimum Gasteiger partial charge on any atom is -0.480 e. The maximum absolute atomic E-state index is 13.2. The number of hydrogen-bond donors (Lipinski definition) is 4. The molecule has 0 spiro atoms. The second kappa shape index (κ2) is 15.1. The summed E-state index contributed by atoms with van der Waals surface area (Å²) in [5, 5.41) is 35.1. The molecule has 0 saturated carbocycles. The quantitative estimate of drug-likeness (QED) is 0.272. The highest BCUT2D eigenvalue weighted by atomic mass is 32.2. The third kappa shape index (κ3) is 8.61. The Morgan fingerprint density at radius 3 is 1.85 bits per heavy atom. The van der Waals surface area contributed by atoms with E-state index in [9.17, 15) is 18.3 Å². The van der Waals surface area contributed by atoms with E-state index < -0.39 is 22.0 Å². The molecule has 1 heterocycles. The van der Waals surface area contributed by atoms with Crippen molar-refractivity contribution in [2.45, 2.75) is 33.7 Å². The number of benzene rings is 3. The molecular formula is C28H34N2O7S2. The molecule has 3 aromatic rings. The molecule has 39 heavy (non-hydrogen) atoms. The van der Waals surface area contributed by atoms with Crippen LogP contribution >= 0.6 is 11.8 Å². The number of carboxylic acids is 1. The third-order valence-corrected chi connectivity index (χ3v) is 9.03. The summed E-state index contributed by atoms with van der Waals surface area (Å²) in [6, 6.07) is 22.6. The lowest BCUT2D eigenvalue weighted by atomic mass is 9.96. The fourth-order valence-corrected chi connectivity index (χ4v) is 6.56. The molecular weight excluding hydrogens is 540 g/mol. The van der Waals surface area contributed by atoms with Crippen molar-refractivity contribution in [3.05, 3.63) is 90.0 Å². The first-order chi connectivity index (χ1) is 18.8. The number of aliphatic hydroxyl groups is 3. The van der Waals surface area contributed by atoms with Gasteiger partial charge in [0.2, 0.25) is 10.0 Å². The van der Waals surface area contributed by atoms with Crippen LogP contribution in [0.2, 0.25) is 0 Å². The monoisotopic (exact) mass is 574 g/mol. The number of sulfonamides is 1. The average molecular weight is 575 g/mol. The highest BCUT2D eigenvalue weighted by Crippen LogP contribution is 2.32. The first-order valence-electron chi connectivity index (χ1n) is 12.5. The molecule has 0 aliphatic carbocycles. The lowest BCUT2D eigenvalue weighted by molar-refractivity contribution is -0.141. The van der Waals surface area contributed by atoms with Gasteiger partial charge >= 0.3 is 5.97 Å². The summed E-state index contributed by atoms with van der Waals surface area (Å²) in [5.41, 5.74) is 1.71. The molecule has 0 aromatic heterocycles. The highest BCUT2D eigenvalue weighted by molar-refractivity contribution is 7.99. The number of aliphatic hydroxyl groups excluding tert-OH is 3. The number of carbonyl (C=O) groups is 1. The largest absolute Gasteiger partial charge is 0.480 e. The predicted molar refractivity (Wildman–Crippen MR) is 149 cm³/mol. The van der Waals surface area contributed by atoms with Crippen LogP contribution in [0.25, 0.3) is 0 Å². The maximum atomic E-state index is 13.2. The van der Waals surface area contributed by atoms with Crippen LogP contribution in [0.15, 0.2) is 93.5 Å². The standard InChI is InChI=1S/C22H19NO4S2.C6H15NO3/c24-22(25)21-14-16-6-4-5-7-17(16)15-23(21)29(26,27)20-12-10-19(11-13-20)28-18-8-2-1-3-9-18;8-4-1-7(2-5-9)3-6-10/h1-13,21H,14-15H2,(H,24,25);8-10H,1-6H2/t21-;/m1./s1. The van der Waals surface area contributed by atoms with E-state index in [1.807, 2.05) is 54.6 Å². The molecule has 0 radical (unpaired) electrons. The van der Waals surface area contributed by atoms with Crippen molar-refractivity contribution in [2.24, 2.45) is 0 Å². The molecule has 210 valence electrons. The van der Waals surface area contributed by atoms with Gasteiger partial charge in [0.1, 0.15) is 6.04 Å². The first-order valence-corrected chi connectivity index (χ1v) is 14.7. The van der Waals surface area contributed by atoms with Crippen molar-refractivity contribution in [2.75, 3.05) is 39.5 Å². The summed E-state index contributed by atoms with van der Waals surface area (Å²) < 4.78 is 27.6. The topological polar surface area (TPSA) is 139 Å². The van der Waals surface area contributed by atoms with Gasteiger partial charge in [-0.2, -0.15) is 4.31 Å². The SMILES string of the molecule is O=C(O)[C@H]1Cc2ccccc2CN1S(=O)(=O)c1ccc(Sc2ccccc2)cc1.OCCN(CCO)CCO. The molecule has 11 heteroatoms. The summed E-state index contributed by atoms with van der Waals surface area (Å²) in [7, 11) is -3.95. The number of aliphatic carboxylic acids is 1. The van der Waals surface area contributed by atoms with Gasteiger partial charge in [-0.3, -0.25) is 9.69 Å². The Morgan fingerprint density at radius 1 is 0.795 bits per heavy atom. The Balaban J connectivity index is 0.000000360. The molecule has 9 nitrogen and oxygen atoms in total. The number of rotatable bonds is 11. The molecule has 4 rings (SSSR count). The summed E-state index contributed by atoms with van der Waals surface area (Å²) in [6.45, 7) is 1.80. The van der Waals surface area contributed by atoms with E-state index in [2.05, 4.69) is 0 Å². The van der Waals surface area contributed by atoms with Crippen LogP contribution < -0.4 is 0 Å². The van der Waals surface area contributed by atoms with Gasteiger partial charge in [0.15, 0.2) is 0 Å². The second-order valence-electron chi connectivity index (χ2n) is 8.78. The van der Waals surface area contributed by atoms with Crippen LogP contribution in [0.1, 0.15) is 11.1 Å². The lowest BCUT2D eigenvalue weighted by Gasteiger charge is -2.33. The zero-order valence-corrected chi connectivity index (χ0v) is 23.1. The van der Waals surface area contributed by atoms with Gasteiger partial charge in [0.25, 0.3) is 0 Å². The minimum atomic E-state index is -3.95. The van der Waals surface area contributed by atoms with Crippen molar-refractivity contribution >= 4 is 27.8 Å². The van der Waals surface area contributed by atoms with Crippen molar-refractivity contribution in [1.82, 2.24) is 9.21 Å². The van der Waals surface area contributed by atoms with Gasteiger partial charge in [0, 0.05) is 42.4 Å². The van der Waals surface area contributed by atoms with Crippen molar-refractivity contribution in [3.8, 4) is 0 Å². The smallest absolute Gasteiger partial charge is 0.322 e. The molecule has 0 unspecified atom stereocenters. The Morgan fingerprint density at radius 2 is 1.31 bits per heavy atom. The summed E-state index contributed by atoms with van der Waals surface area (Å²) >= 11 is 1.54. The van der Waals surface area contributed by atoms with Crippen LogP contribution in [0.5, 0.6) is 0 Å². The maximum Gasteiger partial charge on any atom is 0.322 e. The zero-order chi connectivity index (χ0) is 28.3. The molecule has 3 aromatic carbocycles. The van der Waals surface area contributed by atoms with E-state index in [0.717, 1.165) is 25.2 Å². The molecule has 0 saturated heterocycles. The fourth-order valence-electron chi connectivity index (χ4n) is 4.16. The zero-order valence-electron chi connectivity index (χ0n) is 21.5. The van der Waals surface area contributed by atoms with Crippen LogP contribution in [0.3, 0.4) is 0 Å². The summed E-state index contributed by atoms with van der Waals surface area (Å²) in [5.74, 6) is -1.14. The average Bonchev–Trinajstić information content (AvgIpc) is 2.94. The van der Waals surface area contributed by atoms with E-state index in [1.165, 1.54) is 11.8 Å². The normalized spacial score (nSPS) is 15.3. The van der Waals surface area contributed by atoms with Crippen LogP contribution in [-0.2, 0) is 27.8 Å². The van der Waals surface area contributed by atoms with E-state index in [1.54, 1.807) is 29.2 Å². The first kappa shape index (κ1) is 30.8. The Kier molecular flexibility index (Phi) is 11.9. The third-order valence-electron chi connectivity index (χ3n) is 6.15. The highest BCUT2D eigenvalue weighted by Gasteiger charge is 2.39. The van der Waals surface area contributed by atoms with Gasteiger partial charge < -0.3 is 20.4 Å². The van der Waals surface area contributed by atoms with Crippen molar-refractivity contribution < 1.29 is 33.6 Å². The molecule has 0 fully saturated rings. The summed E-state index contributed by atoms with van der Waals surface area (Å²) in [6.07, 6.45) is 0.159. The number of hydrogen-bond acceptors (Lipinski definition) is 8. The number of carboxylic acid groups (broad SMARTS) is 1. The summed E-state index contributed by atoms with van der Waals surface area (Å²) in [4.78, 5) is 15.7. The Hall–Kier alpha value is -2.77. The molecule has 1 atom stereocenters. The number of fused-ring (bicyclic) bond motifs is 1. The predicted octanol–water partition coefficient (Wildman–Crippen LogP) is 2.30. The molecule has 1 aliphatic heterocycles. The Bertz CT molecular complexity index is 1270. The van der Waals surface area contributed by atoms with Gasteiger partial charge in [-0.1, -0.05) is 54.2 Å². The van der Waals surface area contributed by atoms with Gasteiger partial charge in [-0.25, -0.2) is 8.42 Å². The molecule has 0 bridgehead atoms. The van der Waals surface area contributed by atoms with Gasteiger partial charge in [-0.15, -0.1) is 0 Å². The van der Waals surface area contributed by atoms with E-state index in [0.29, 0.717) is 19.6 Å². The lowest BCUT2D eigenvalue weighted by Crippen LogP contribution is -2.48. The van der Waals surface area contributed by atoms with E-state index in [4.69, 9.17) is 15.3 Å². The van der Waals surface area contributed by atoms with Crippen molar-refractivity contribution in [1.29, 1.82) is 0 Å². The Labute approximate surface area is 233 Å². The minimum absolute atomic E-state index is 0.0516. The van der Waals surface area contributed by atoms with Crippen LogP contribution in [-0.4, -0.2) is 89.5 Å². The number of nitrogens with zero attached hydrogens (tertiary/aromatic N) is 2.